The van der Waals surface area contributed by atoms with E-state index in [1.807, 2.05) is 13.0 Å². The van der Waals surface area contributed by atoms with Gasteiger partial charge in [0.15, 0.2) is 0 Å². The van der Waals surface area contributed by atoms with Gasteiger partial charge in [0.05, 0.1) is 16.0 Å². The number of nitrogens with zero attached hydrogens (tertiary/aromatic N) is 1. The first-order valence-electron chi connectivity index (χ1n) is 5.88. The number of hydrogen-bond donors (Lipinski definition) is 2. The van der Waals surface area contributed by atoms with Gasteiger partial charge in [0, 0.05) is 6.20 Å². The quantitative estimate of drug-likeness (QED) is 0.908. The van der Waals surface area contributed by atoms with Gasteiger partial charge < -0.3 is 5.32 Å². The van der Waals surface area contributed by atoms with Gasteiger partial charge in [-0.2, -0.15) is 0 Å². The summed E-state index contributed by atoms with van der Waals surface area (Å²) in [5, 5.41) is 8.75. The first kappa shape index (κ1) is 14.8. The lowest BCUT2D eigenvalue weighted by molar-refractivity contribution is 0.597. The van der Waals surface area contributed by atoms with E-state index in [1.165, 1.54) is 12.1 Å². The first-order valence-corrected chi connectivity index (χ1v) is 7.80. The average molecular weight is 312 g/mol. The highest BCUT2D eigenvalue weighted by molar-refractivity contribution is 7.89. The maximum atomic E-state index is 11.3. The molecule has 2 rings (SSSR count). The zero-order valence-corrected chi connectivity index (χ0v) is 12.3. The maximum Gasteiger partial charge on any atom is 0.238 e. The Morgan fingerprint density at radius 1 is 1.30 bits per heavy atom. The fourth-order valence-electron chi connectivity index (χ4n) is 1.74. The van der Waals surface area contributed by atoms with Gasteiger partial charge in [-0.15, -0.1) is 0 Å². The minimum Gasteiger partial charge on any atom is -0.362 e. The predicted molar refractivity (Wildman–Crippen MR) is 79.1 cm³/mol. The summed E-state index contributed by atoms with van der Waals surface area (Å²) < 4.78 is 22.7. The van der Waals surface area contributed by atoms with Crippen molar-refractivity contribution in [2.45, 2.75) is 17.9 Å². The standard InChI is InChI=1S/C13H14ClN3O2S/c1-9(17-13-12(14)6-3-7-16-13)10-4-2-5-11(8-10)20(15,18)19/h2-9H,1H3,(H,16,17)(H2,15,18,19)/t9-/m1/s1. The molecule has 3 N–H and O–H groups in total. The third kappa shape index (κ3) is 3.47. The molecule has 0 aliphatic carbocycles. The molecule has 0 aliphatic heterocycles. The molecule has 0 aliphatic rings. The molecular weight excluding hydrogens is 298 g/mol. The van der Waals surface area contributed by atoms with E-state index < -0.39 is 10.0 Å². The Morgan fingerprint density at radius 2 is 2.05 bits per heavy atom. The molecule has 0 bridgehead atoms. The molecule has 1 aromatic carbocycles. The Kier molecular flexibility index (Phi) is 4.27. The van der Waals surface area contributed by atoms with Gasteiger partial charge in [-0.3, -0.25) is 0 Å². The Morgan fingerprint density at radius 3 is 2.70 bits per heavy atom. The summed E-state index contributed by atoms with van der Waals surface area (Å²) >= 11 is 6.02. The highest BCUT2D eigenvalue weighted by Crippen LogP contribution is 2.24. The number of pyridine rings is 1. The van der Waals surface area contributed by atoms with E-state index in [2.05, 4.69) is 10.3 Å². The normalized spacial score (nSPS) is 12.9. The minimum absolute atomic E-state index is 0.0794. The second-order valence-corrected chi connectivity index (χ2v) is 6.29. The molecule has 7 heteroatoms. The van der Waals surface area contributed by atoms with Crippen molar-refractivity contribution in [2.75, 3.05) is 5.32 Å². The number of halogens is 1. The molecule has 0 spiro atoms. The fourth-order valence-corrected chi connectivity index (χ4v) is 2.49. The number of primary sulfonamides is 1. The van der Waals surface area contributed by atoms with Crippen LogP contribution in [0.25, 0.3) is 0 Å². The van der Waals surface area contributed by atoms with E-state index in [4.69, 9.17) is 16.7 Å². The van der Waals surface area contributed by atoms with Crippen molar-refractivity contribution in [2.24, 2.45) is 5.14 Å². The largest absolute Gasteiger partial charge is 0.362 e. The SMILES string of the molecule is C[C@@H](Nc1ncccc1Cl)c1cccc(S(N)(=O)=O)c1. The van der Waals surface area contributed by atoms with Gasteiger partial charge >= 0.3 is 0 Å². The topological polar surface area (TPSA) is 85.1 Å². The van der Waals surface area contributed by atoms with Crippen molar-refractivity contribution < 1.29 is 8.42 Å². The van der Waals surface area contributed by atoms with Crippen LogP contribution in [0.15, 0.2) is 47.5 Å². The summed E-state index contributed by atoms with van der Waals surface area (Å²) in [4.78, 5) is 4.21. The second-order valence-electron chi connectivity index (χ2n) is 4.32. The van der Waals surface area contributed by atoms with Gasteiger partial charge in [-0.1, -0.05) is 23.7 Å². The van der Waals surface area contributed by atoms with Crippen molar-refractivity contribution in [3.8, 4) is 0 Å². The second kappa shape index (κ2) is 5.78. The molecule has 5 nitrogen and oxygen atoms in total. The van der Waals surface area contributed by atoms with E-state index in [1.54, 1.807) is 24.4 Å². The molecule has 1 atom stereocenters. The maximum absolute atomic E-state index is 11.3. The molecule has 0 saturated carbocycles. The van der Waals surface area contributed by atoms with Crippen LogP contribution in [0.5, 0.6) is 0 Å². The van der Waals surface area contributed by atoms with Crippen LogP contribution in [0.2, 0.25) is 5.02 Å². The lowest BCUT2D eigenvalue weighted by Crippen LogP contribution is -2.14. The molecule has 2 aromatic rings. The zero-order chi connectivity index (χ0) is 14.8. The molecular formula is C13H14ClN3O2S. The minimum atomic E-state index is -3.71. The molecule has 0 amide bonds. The highest BCUT2D eigenvalue weighted by atomic mass is 35.5. The van der Waals surface area contributed by atoms with Crippen LogP contribution in [-0.4, -0.2) is 13.4 Å². The van der Waals surface area contributed by atoms with Gasteiger partial charge in [0.25, 0.3) is 0 Å². The third-order valence-corrected chi connectivity index (χ3v) is 4.01. The van der Waals surface area contributed by atoms with E-state index in [-0.39, 0.29) is 10.9 Å². The molecule has 1 aromatic heterocycles. The summed E-state index contributed by atoms with van der Waals surface area (Å²) in [5.74, 6) is 0.544. The summed E-state index contributed by atoms with van der Waals surface area (Å²) in [7, 11) is -3.71. The molecule has 1 heterocycles. The Labute approximate surface area is 122 Å². The summed E-state index contributed by atoms with van der Waals surface area (Å²) in [5.41, 5.74) is 0.776. The number of rotatable bonds is 4. The lowest BCUT2D eigenvalue weighted by Gasteiger charge is -2.16. The molecule has 0 radical (unpaired) electrons. The van der Waals surface area contributed by atoms with Gasteiger partial charge in [0.1, 0.15) is 5.82 Å². The molecule has 0 fully saturated rings. The van der Waals surface area contributed by atoms with Crippen LogP contribution in [0.1, 0.15) is 18.5 Å². The van der Waals surface area contributed by atoms with Crippen LogP contribution < -0.4 is 10.5 Å². The number of sulfonamides is 1. The van der Waals surface area contributed by atoms with E-state index >= 15 is 0 Å². The lowest BCUT2D eigenvalue weighted by atomic mass is 10.1. The van der Waals surface area contributed by atoms with Crippen molar-refractivity contribution >= 4 is 27.4 Å². The van der Waals surface area contributed by atoms with Crippen molar-refractivity contribution in [1.82, 2.24) is 4.98 Å². The number of anilines is 1. The first-order chi connectivity index (χ1) is 9.38. The predicted octanol–water partition coefficient (Wildman–Crippen LogP) is 2.56. The highest BCUT2D eigenvalue weighted by Gasteiger charge is 2.12. The summed E-state index contributed by atoms with van der Waals surface area (Å²) in [6.45, 7) is 1.88. The Bertz CT molecular complexity index is 719. The smallest absolute Gasteiger partial charge is 0.238 e. The number of hydrogen-bond acceptors (Lipinski definition) is 4. The monoisotopic (exact) mass is 311 g/mol. The Balaban J connectivity index is 2.26. The number of nitrogens with one attached hydrogen (secondary N) is 1. The average Bonchev–Trinajstić information content (AvgIpc) is 2.40. The third-order valence-electron chi connectivity index (χ3n) is 2.80. The Hall–Kier alpha value is -1.63. The van der Waals surface area contributed by atoms with Gasteiger partial charge in [-0.25, -0.2) is 18.5 Å². The van der Waals surface area contributed by atoms with Crippen LogP contribution in [0.4, 0.5) is 5.82 Å². The van der Waals surface area contributed by atoms with E-state index in [0.717, 1.165) is 5.56 Å². The zero-order valence-electron chi connectivity index (χ0n) is 10.7. The van der Waals surface area contributed by atoms with Crippen molar-refractivity contribution in [3.63, 3.8) is 0 Å². The van der Waals surface area contributed by atoms with Crippen LogP contribution in [0.3, 0.4) is 0 Å². The van der Waals surface area contributed by atoms with E-state index in [0.29, 0.717) is 10.8 Å². The fraction of sp³-hybridized carbons (Fsp3) is 0.154. The number of benzene rings is 1. The number of aromatic nitrogens is 1. The molecule has 106 valence electrons. The molecule has 20 heavy (non-hydrogen) atoms. The molecule has 0 unspecified atom stereocenters. The van der Waals surface area contributed by atoms with Crippen molar-refractivity contribution in [3.05, 3.63) is 53.2 Å². The summed E-state index contributed by atoms with van der Waals surface area (Å²) in [6.07, 6.45) is 1.63. The van der Waals surface area contributed by atoms with E-state index in [9.17, 15) is 8.42 Å². The van der Waals surface area contributed by atoms with Crippen molar-refractivity contribution in [1.29, 1.82) is 0 Å². The number of nitrogens with two attached hydrogens (primary N) is 1. The van der Waals surface area contributed by atoms with Crippen LogP contribution in [0, 0.1) is 0 Å². The van der Waals surface area contributed by atoms with Crippen LogP contribution in [-0.2, 0) is 10.0 Å². The summed E-state index contributed by atoms with van der Waals surface area (Å²) in [6, 6.07) is 9.74. The van der Waals surface area contributed by atoms with Gasteiger partial charge in [-0.05, 0) is 36.8 Å². The van der Waals surface area contributed by atoms with Gasteiger partial charge in [0.2, 0.25) is 10.0 Å². The van der Waals surface area contributed by atoms with Crippen LogP contribution >= 0.6 is 11.6 Å². The molecule has 0 saturated heterocycles.